The minimum Gasteiger partial charge on any atom is -0.748 e. The Hall–Kier alpha value is 0.976. The number of carbonyl (C=O) groups excluding carboxylic acids is 1. The van der Waals surface area contributed by atoms with Gasteiger partial charge in [-0.05, 0) is 32.1 Å². The van der Waals surface area contributed by atoms with E-state index in [9.17, 15) is 28.0 Å². The normalized spacial score (nSPS) is 13.8. The first-order chi connectivity index (χ1) is 11.8. The van der Waals surface area contributed by atoms with Crippen LogP contribution >= 0.6 is 0 Å². The average Bonchev–Trinajstić information content (AvgIpc) is 2.51. The molecule has 2 unspecified atom stereocenters. The number of rotatable bonds is 17. The van der Waals surface area contributed by atoms with Crippen LogP contribution < -0.4 is 56.5 Å². The third kappa shape index (κ3) is 18.3. The van der Waals surface area contributed by atoms with Crippen molar-refractivity contribution >= 4 is 16.1 Å². The molecule has 0 spiro atoms. The van der Waals surface area contributed by atoms with Gasteiger partial charge in [-0.3, -0.25) is 0 Å². The monoisotopic (exact) mass is 417 g/mol. The fourth-order valence-electron chi connectivity index (χ4n) is 2.96. The summed E-state index contributed by atoms with van der Waals surface area (Å²) in [5.41, 5.74) is 0. The van der Waals surface area contributed by atoms with Crippen LogP contribution in [0.25, 0.3) is 0 Å². The molecule has 0 saturated heterocycles. The maximum absolute atomic E-state index is 11.4. The summed E-state index contributed by atoms with van der Waals surface area (Å²) in [5.74, 6) is -1.06. The third-order valence-corrected chi connectivity index (χ3v) is 5.74. The van der Waals surface area contributed by atoms with Gasteiger partial charge in [-0.2, -0.15) is 0 Å². The Morgan fingerprint density at radius 3 is 1.96 bits per heavy atom. The molecule has 0 aliphatic heterocycles. The predicted molar refractivity (Wildman–Crippen MR) is 94.8 cm³/mol. The van der Waals surface area contributed by atoms with Crippen molar-refractivity contribution in [1.29, 1.82) is 0 Å². The van der Waals surface area contributed by atoms with Gasteiger partial charge >= 0.3 is 51.4 Å². The van der Waals surface area contributed by atoms with E-state index in [0.29, 0.717) is 32.1 Å². The van der Waals surface area contributed by atoms with Gasteiger partial charge in [0.25, 0.3) is 0 Å². The van der Waals surface area contributed by atoms with Crippen LogP contribution in [-0.4, -0.2) is 35.4 Å². The van der Waals surface area contributed by atoms with E-state index >= 15 is 0 Å². The smallest absolute Gasteiger partial charge is 0.748 e. The van der Waals surface area contributed by atoms with E-state index in [4.69, 9.17) is 0 Å². The topological polar surface area (TPSA) is 118 Å². The van der Waals surface area contributed by atoms with Crippen molar-refractivity contribution in [2.75, 3.05) is 0 Å². The zero-order chi connectivity index (χ0) is 19.1. The molecule has 0 aliphatic carbocycles. The maximum atomic E-state index is 11.4. The number of carboxylic acids is 1. The molecular formula is C18H34KO6S-. The van der Waals surface area contributed by atoms with Crippen LogP contribution in [0.15, 0.2) is 0 Å². The quantitative estimate of drug-likeness (QED) is 0.194. The second-order valence-electron chi connectivity index (χ2n) is 6.89. The first kappa shape index (κ1) is 29.2. The average molecular weight is 418 g/mol. The minimum atomic E-state index is -4.39. The summed E-state index contributed by atoms with van der Waals surface area (Å²) >= 11 is 0. The Morgan fingerprint density at radius 2 is 1.42 bits per heavy atom. The molecule has 0 amide bonds. The van der Waals surface area contributed by atoms with E-state index in [2.05, 4.69) is 6.92 Å². The molecule has 26 heavy (non-hydrogen) atoms. The van der Waals surface area contributed by atoms with E-state index in [1.165, 1.54) is 6.42 Å². The number of hydrogen-bond acceptors (Lipinski definition) is 6. The number of carbonyl (C=O) groups is 1. The summed E-state index contributed by atoms with van der Waals surface area (Å²) in [7, 11) is -4.39. The van der Waals surface area contributed by atoms with Crippen molar-refractivity contribution in [3.05, 3.63) is 0 Å². The molecule has 6 nitrogen and oxygen atoms in total. The van der Waals surface area contributed by atoms with Crippen LogP contribution in [0.4, 0.5) is 0 Å². The summed E-state index contributed by atoms with van der Waals surface area (Å²) in [6.45, 7) is 2.13. The second kappa shape index (κ2) is 18.0. The SMILES string of the molecule is CCCCCCCCC(CC(O)CCCCCCC(=O)[O-])S(=O)(=O)[O-].[K+]. The molecule has 0 bridgehead atoms. The first-order valence-corrected chi connectivity index (χ1v) is 11.1. The molecule has 0 radical (unpaired) electrons. The summed E-state index contributed by atoms with van der Waals surface area (Å²) in [6.07, 6.45) is 8.87. The Balaban J connectivity index is 0. The van der Waals surface area contributed by atoms with Crippen LogP contribution in [0.3, 0.4) is 0 Å². The van der Waals surface area contributed by atoms with Crippen LogP contribution in [0, 0.1) is 0 Å². The van der Waals surface area contributed by atoms with Crippen LogP contribution in [-0.2, 0) is 14.9 Å². The van der Waals surface area contributed by atoms with E-state index in [1.807, 2.05) is 0 Å². The second-order valence-corrected chi connectivity index (χ2v) is 8.54. The standard InChI is InChI=1S/C18H36O6S.K/c1-2-3-4-5-6-10-13-17(25(22,23)24)15-16(19)12-9-7-8-11-14-18(20)21;/h16-17,19H,2-15H2,1H3,(H,20,21)(H,22,23,24);/q;+1/p-2. The molecule has 0 fully saturated rings. The number of hydrogen-bond donors (Lipinski definition) is 1. The third-order valence-electron chi connectivity index (χ3n) is 4.49. The summed E-state index contributed by atoms with van der Waals surface area (Å²) in [6, 6.07) is 0. The van der Waals surface area contributed by atoms with Crippen LogP contribution in [0.2, 0.25) is 0 Å². The number of aliphatic carboxylic acids is 1. The van der Waals surface area contributed by atoms with Crippen LogP contribution in [0.5, 0.6) is 0 Å². The molecule has 0 heterocycles. The van der Waals surface area contributed by atoms with Gasteiger partial charge in [-0.15, -0.1) is 0 Å². The van der Waals surface area contributed by atoms with Gasteiger partial charge < -0.3 is 19.6 Å². The van der Waals surface area contributed by atoms with Crippen molar-refractivity contribution in [2.45, 2.75) is 108 Å². The van der Waals surface area contributed by atoms with Gasteiger partial charge in [0.15, 0.2) is 0 Å². The molecule has 150 valence electrons. The zero-order valence-corrected chi connectivity index (χ0v) is 20.4. The predicted octanol–water partition coefficient (Wildman–Crippen LogP) is -0.504. The van der Waals surface area contributed by atoms with Crippen molar-refractivity contribution < 1.29 is 79.4 Å². The van der Waals surface area contributed by atoms with Gasteiger partial charge in [0.1, 0.15) is 0 Å². The van der Waals surface area contributed by atoms with Gasteiger partial charge in [-0.1, -0.05) is 64.7 Å². The van der Waals surface area contributed by atoms with Gasteiger partial charge in [0.2, 0.25) is 0 Å². The summed E-state index contributed by atoms with van der Waals surface area (Å²) < 4.78 is 34.2. The number of aliphatic hydroxyl groups is 1. The molecule has 2 atom stereocenters. The van der Waals surface area contributed by atoms with Crippen molar-refractivity contribution in [1.82, 2.24) is 0 Å². The van der Waals surface area contributed by atoms with Crippen molar-refractivity contribution in [2.24, 2.45) is 0 Å². The van der Waals surface area contributed by atoms with Crippen molar-refractivity contribution in [3.8, 4) is 0 Å². The largest absolute Gasteiger partial charge is 1.00 e. The molecule has 0 aromatic heterocycles. The maximum Gasteiger partial charge on any atom is 1.00 e. The van der Waals surface area contributed by atoms with Crippen LogP contribution in [0.1, 0.15) is 96.8 Å². The van der Waals surface area contributed by atoms with E-state index in [-0.39, 0.29) is 64.2 Å². The number of carboxylic acid groups (broad SMARTS) is 1. The minimum absolute atomic E-state index is 0. The van der Waals surface area contributed by atoms with E-state index in [0.717, 1.165) is 38.5 Å². The molecule has 8 heteroatoms. The molecular weight excluding hydrogens is 383 g/mol. The summed E-state index contributed by atoms with van der Waals surface area (Å²) in [4.78, 5) is 10.3. The van der Waals surface area contributed by atoms with Gasteiger partial charge in [0, 0.05) is 5.97 Å². The Bertz CT molecular complexity index is 441. The Kier molecular flexibility index (Phi) is 20.2. The molecule has 0 aliphatic rings. The fraction of sp³-hybridized carbons (Fsp3) is 0.944. The van der Waals surface area contributed by atoms with Gasteiger partial charge in [0.05, 0.1) is 21.5 Å². The molecule has 0 rings (SSSR count). The van der Waals surface area contributed by atoms with E-state index < -0.39 is 27.4 Å². The Labute approximate surface area is 201 Å². The van der Waals surface area contributed by atoms with Gasteiger partial charge in [-0.25, -0.2) is 8.42 Å². The Morgan fingerprint density at radius 1 is 0.923 bits per heavy atom. The molecule has 0 aromatic carbocycles. The number of unbranched alkanes of at least 4 members (excludes halogenated alkanes) is 8. The summed E-state index contributed by atoms with van der Waals surface area (Å²) in [5, 5.41) is 19.3. The molecule has 0 aromatic rings. The molecule has 0 saturated carbocycles. The molecule has 1 N–H and O–H groups in total. The van der Waals surface area contributed by atoms with E-state index in [1.54, 1.807) is 0 Å². The first-order valence-electron chi connectivity index (χ1n) is 9.60. The number of aliphatic hydroxyl groups excluding tert-OH is 1. The van der Waals surface area contributed by atoms with Crippen molar-refractivity contribution in [3.63, 3.8) is 0 Å². The zero-order valence-electron chi connectivity index (χ0n) is 16.5. The fourth-order valence-corrected chi connectivity index (χ4v) is 3.87.